The summed E-state index contributed by atoms with van der Waals surface area (Å²) in [6.07, 6.45) is 2.91. The van der Waals surface area contributed by atoms with Crippen LogP contribution in [0.15, 0.2) is 36.5 Å². The molecule has 0 spiro atoms. The van der Waals surface area contributed by atoms with Crippen molar-refractivity contribution < 1.29 is 14.2 Å². The minimum Gasteiger partial charge on any atom is -0.496 e. The van der Waals surface area contributed by atoms with Crippen LogP contribution in [0.1, 0.15) is 30.7 Å². The van der Waals surface area contributed by atoms with Gasteiger partial charge in [-0.2, -0.15) is 0 Å². The lowest BCUT2D eigenvalue weighted by atomic mass is 9.89. The van der Waals surface area contributed by atoms with E-state index in [1.165, 1.54) is 13.2 Å². The summed E-state index contributed by atoms with van der Waals surface area (Å²) in [6, 6.07) is 8.35. The van der Waals surface area contributed by atoms with Gasteiger partial charge >= 0.3 is 0 Å². The summed E-state index contributed by atoms with van der Waals surface area (Å²) >= 11 is 0. The highest BCUT2D eigenvalue weighted by molar-refractivity contribution is 5.39. The Morgan fingerprint density at radius 2 is 2.05 bits per heavy atom. The van der Waals surface area contributed by atoms with Gasteiger partial charge in [-0.1, -0.05) is 19.1 Å². The maximum atomic E-state index is 14.1. The fourth-order valence-corrected chi connectivity index (χ4v) is 2.41. The summed E-state index contributed by atoms with van der Waals surface area (Å²) in [6.45, 7) is 3.63. The maximum Gasteiger partial charge on any atom is 0.133 e. The molecule has 0 bridgehead atoms. The van der Waals surface area contributed by atoms with Gasteiger partial charge in [0.25, 0.3) is 0 Å². The number of hydrogen-bond acceptors (Lipinski definition) is 3. The lowest BCUT2D eigenvalue weighted by Gasteiger charge is -2.26. The number of rotatable bonds is 5. The number of aromatic nitrogens is 1. The standard InChI is InChI=1S/C17H20FNO2/c1-4-12-8-9-13(19-11-12)10-17(2,20)16-14(18)6-5-7-15(16)21-3/h5-9,11,20H,4,10H2,1-3H3. The minimum atomic E-state index is -1.39. The smallest absolute Gasteiger partial charge is 0.133 e. The van der Waals surface area contributed by atoms with E-state index in [4.69, 9.17) is 4.74 Å². The van der Waals surface area contributed by atoms with Gasteiger partial charge in [0, 0.05) is 18.3 Å². The van der Waals surface area contributed by atoms with Crippen molar-refractivity contribution in [1.82, 2.24) is 4.98 Å². The van der Waals surface area contributed by atoms with Crippen molar-refractivity contribution in [2.24, 2.45) is 0 Å². The normalized spacial score (nSPS) is 13.8. The first-order valence-electron chi connectivity index (χ1n) is 6.97. The number of benzene rings is 1. The average molecular weight is 289 g/mol. The molecule has 0 fully saturated rings. The third-order valence-corrected chi connectivity index (χ3v) is 3.55. The second-order valence-electron chi connectivity index (χ2n) is 5.28. The predicted octanol–water partition coefficient (Wildman–Crippen LogP) is 3.24. The SMILES string of the molecule is CCc1ccc(CC(C)(O)c2c(F)cccc2OC)nc1. The Balaban J connectivity index is 2.33. The van der Waals surface area contributed by atoms with Gasteiger partial charge in [-0.3, -0.25) is 4.98 Å². The van der Waals surface area contributed by atoms with Gasteiger partial charge in [-0.25, -0.2) is 4.39 Å². The van der Waals surface area contributed by atoms with E-state index >= 15 is 0 Å². The van der Waals surface area contributed by atoms with E-state index in [2.05, 4.69) is 11.9 Å². The van der Waals surface area contributed by atoms with Crippen LogP contribution in [0.25, 0.3) is 0 Å². The van der Waals surface area contributed by atoms with Gasteiger partial charge in [0.05, 0.1) is 18.3 Å². The van der Waals surface area contributed by atoms with Gasteiger partial charge in [0.2, 0.25) is 0 Å². The number of nitrogens with zero attached hydrogens (tertiary/aromatic N) is 1. The Morgan fingerprint density at radius 1 is 1.29 bits per heavy atom. The Bertz CT molecular complexity index is 609. The molecule has 2 rings (SSSR count). The number of halogens is 1. The van der Waals surface area contributed by atoms with Crippen LogP contribution >= 0.6 is 0 Å². The van der Waals surface area contributed by atoms with E-state index in [1.54, 1.807) is 25.3 Å². The highest BCUT2D eigenvalue weighted by Gasteiger charge is 2.31. The van der Waals surface area contributed by atoms with Crippen LogP contribution in [0.3, 0.4) is 0 Å². The molecule has 1 aromatic carbocycles. The number of methoxy groups -OCH3 is 1. The van der Waals surface area contributed by atoms with Crippen LogP contribution in [0.5, 0.6) is 5.75 Å². The molecule has 1 unspecified atom stereocenters. The molecule has 3 nitrogen and oxygen atoms in total. The van der Waals surface area contributed by atoms with Crippen molar-refractivity contribution in [2.45, 2.75) is 32.3 Å². The van der Waals surface area contributed by atoms with Crippen molar-refractivity contribution in [2.75, 3.05) is 7.11 Å². The van der Waals surface area contributed by atoms with Gasteiger partial charge in [-0.15, -0.1) is 0 Å². The molecule has 0 saturated heterocycles. The molecule has 0 saturated carbocycles. The van der Waals surface area contributed by atoms with Crippen molar-refractivity contribution in [3.8, 4) is 5.75 Å². The monoisotopic (exact) mass is 289 g/mol. The molecule has 112 valence electrons. The highest BCUT2D eigenvalue weighted by Crippen LogP contribution is 2.34. The van der Waals surface area contributed by atoms with Crippen LogP contribution < -0.4 is 4.74 Å². The first-order valence-corrected chi connectivity index (χ1v) is 6.97. The number of ether oxygens (including phenoxy) is 1. The molecule has 0 amide bonds. The summed E-state index contributed by atoms with van der Waals surface area (Å²) in [7, 11) is 1.46. The fraction of sp³-hybridized carbons (Fsp3) is 0.353. The van der Waals surface area contributed by atoms with Crippen molar-refractivity contribution in [1.29, 1.82) is 0 Å². The van der Waals surface area contributed by atoms with Crippen LogP contribution in [-0.4, -0.2) is 17.2 Å². The lowest BCUT2D eigenvalue weighted by Crippen LogP contribution is -2.27. The van der Waals surface area contributed by atoms with Crippen molar-refractivity contribution in [3.05, 3.63) is 59.2 Å². The fourth-order valence-electron chi connectivity index (χ4n) is 2.41. The first-order chi connectivity index (χ1) is 9.97. The molecular weight excluding hydrogens is 269 g/mol. The zero-order valence-corrected chi connectivity index (χ0v) is 12.6. The van der Waals surface area contributed by atoms with E-state index < -0.39 is 11.4 Å². The number of aryl methyl sites for hydroxylation is 1. The molecule has 0 aliphatic rings. The summed E-state index contributed by atoms with van der Waals surface area (Å²) < 4.78 is 19.3. The zero-order valence-electron chi connectivity index (χ0n) is 12.6. The Labute approximate surface area is 124 Å². The third kappa shape index (κ3) is 3.39. The second-order valence-corrected chi connectivity index (χ2v) is 5.28. The van der Waals surface area contributed by atoms with Crippen LogP contribution in [-0.2, 0) is 18.4 Å². The maximum absolute atomic E-state index is 14.1. The zero-order chi connectivity index (χ0) is 15.5. The number of hydrogen-bond donors (Lipinski definition) is 1. The van der Waals surface area contributed by atoms with E-state index in [1.807, 2.05) is 12.1 Å². The molecule has 0 aliphatic carbocycles. The highest BCUT2D eigenvalue weighted by atomic mass is 19.1. The van der Waals surface area contributed by atoms with E-state index in [9.17, 15) is 9.50 Å². The molecular formula is C17H20FNO2. The van der Waals surface area contributed by atoms with Crippen LogP contribution in [0, 0.1) is 5.82 Å². The van der Waals surface area contributed by atoms with Crippen LogP contribution in [0.2, 0.25) is 0 Å². The average Bonchev–Trinajstić information content (AvgIpc) is 2.47. The molecule has 0 radical (unpaired) electrons. The summed E-state index contributed by atoms with van der Waals surface area (Å²) in [5, 5.41) is 10.7. The molecule has 1 atom stereocenters. The summed E-state index contributed by atoms with van der Waals surface area (Å²) in [5.74, 6) is -0.144. The van der Waals surface area contributed by atoms with Gasteiger partial charge < -0.3 is 9.84 Å². The second kappa shape index (κ2) is 6.22. The molecule has 1 heterocycles. The van der Waals surface area contributed by atoms with Crippen molar-refractivity contribution in [3.63, 3.8) is 0 Å². The number of aliphatic hydroxyl groups is 1. The summed E-state index contributed by atoms with van der Waals surface area (Å²) in [4.78, 5) is 4.32. The van der Waals surface area contributed by atoms with Gasteiger partial charge in [-0.05, 0) is 37.1 Å². The lowest BCUT2D eigenvalue weighted by molar-refractivity contribution is 0.0500. The van der Waals surface area contributed by atoms with Crippen molar-refractivity contribution >= 4 is 0 Å². The molecule has 0 aliphatic heterocycles. The first kappa shape index (κ1) is 15.4. The molecule has 4 heteroatoms. The van der Waals surface area contributed by atoms with Crippen LogP contribution in [0.4, 0.5) is 4.39 Å². The summed E-state index contributed by atoms with van der Waals surface area (Å²) in [5.41, 5.74) is 0.607. The van der Waals surface area contributed by atoms with E-state index in [-0.39, 0.29) is 12.0 Å². The Kier molecular flexibility index (Phi) is 4.58. The van der Waals surface area contributed by atoms with Gasteiger partial charge in [0.1, 0.15) is 11.6 Å². The topological polar surface area (TPSA) is 42.4 Å². The largest absolute Gasteiger partial charge is 0.496 e. The number of pyridine rings is 1. The molecule has 2 aromatic rings. The third-order valence-electron chi connectivity index (χ3n) is 3.55. The quantitative estimate of drug-likeness (QED) is 0.919. The Morgan fingerprint density at radius 3 is 2.62 bits per heavy atom. The Hall–Kier alpha value is -1.94. The predicted molar refractivity (Wildman–Crippen MR) is 79.8 cm³/mol. The molecule has 1 N–H and O–H groups in total. The van der Waals surface area contributed by atoms with E-state index in [0.717, 1.165) is 12.0 Å². The minimum absolute atomic E-state index is 0.161. The molecule has 21 heavy (non-hydrogen) atoms. The van der Waals surface area contributed by atoms with E-state index in [0.29, 0.717) is 11.4 Å². The van der Waals surface area contributed by atoms with Gasteiger partial charge in [0.15, 0.2) is 0 Å². The molecule has 1 aromatic heterocycles.